The van der Waals surface area contributed by atoms with Crippen LogP contribution in [0, 0.1) is 0 Å². The first-order valence-corrected chi connectivity index (χ1v) is 9.85. The van der Waals surface area contributed by atoms with Crippen molar-refractivity contribution in [2.75, 3.05) is 33.4 Å². The van der Waals surface area contributed by atoms with Crippen LogP contribution in [-0.4, -0.2) is 54.1 Å². The first kappa shape index (κ1) is 20.4. The predicted octanol–water partition coefficient (Wildman–Crippen LogP) is 3.55. The second kappa shape index (κ2) is 10.3. The number of aliphatic hydroxyl groups excluding tert-OH is 1. The van der Waals surface area contributed by atoms with Gasteiger partial charge in [-0.3, -0.25) is 4.90 Å². The second-order valence-corrected chi connectivity index (χ2v) is 7.07. The van der Waals surface area contributed by atoms with Gasteiger partial charge in [-0.05, 0) is 49.2 Å². The van der Waals surface area contributed by atoms with Crippen LogP contribution in [0.25, 0.3) is 10.9 Å². The van der Waals surface area contributed by atoms with E-state index in [1.165, 1.54) is 10.9 Å². The molecule has 0 aliphatic heterocycles. The minimum Gasteiger partial charge on any atom is -0.491 e. The van der Waals surface area contributed by atoms with Gasteiger partial charge in [0.15, 0.2) is 0 Å². The molecule has 0 saturated carbocycles. The molecule has 1 atom stereocenters. The lowest BCUT2D eigenvalue weighted by molar-refractivity contribution is 0.108. The van der Waals surface area contributed by atoms with Crippen molar-refractivity contribution in [2.24, 2.45) is 0 Å². The van der Waals surface area contributed by atoms with Crippen molar-refractivity contribution in [2.45, 2.75) is 26.1 Å². The third kappa shape index (κ3) is 5.83. The SMILES string of the molecule is CCOCCOc1ccc(CN(C)CC(O)Cn2ccc3ccccc32)cc1. The second-order valence-electron chi connectivity index (χ2n) is 7.07. The van der Waals surface area contributed by atoms with Crippen molar-refractivity contribution < 1.29 is 14.6 Å². The van der Waals surface area contributed by atoms with E-state index in [1.54, 1.807) is 0 Å². The van der Waals surface area contributed by atoms with Crippen molar-refractivity contribution in [3.05, 3.63) is 66.4 Å². The fourth-order valence-corrected chi connectivity index (χ4v) is 3.37. The molecule has 0 saturated heterocycles. The molecule has 3 aromatic rings. The van der Waals surface area contributed by atoms with E-state index in [-0.39, 0.29) is 0 Å². The third-order valence-electron chi connectivity index (χ3n) is 4.69. The Bertz CT molecular complexity index is 844. The first-order valence-electron chi connectivity index (χ1n) is 9.85. The monoisotopic (exact) mass is 382 g/mol. The Balaban J connectivity index is 1.46. The fourth-order valence-electron chi connectivity index (χ4n) is 3.37. The van der Waals surface area contributed by atoms with Gasteiger partial charge in [0.05, 0.1) is 12.7 Å². The zero-order valence-electron chi connectivity index (χ0n) is 16.8. The fraction of sp³-hybridized carbons (Fsp3) is 0.391. The van der Waals surface area contributed by atoms with Crippen LogP contribution in [0.1, 0.15) is 12.5 Å². The van der Waals surface area contributed by atoms with E-state index in [1.807, 2.05) is 44.4 Å². The predicted molar refractivity (Wildman–Crippen MR) is 113 cm³/mol. The zero-order valence-corrected chi connectivity index (χ0v) is 16.8. The average Bonchev–Trinajstić information content (AvgIpc) is 3.09. The summed E-state index contributed by atoms with van der Waals surface area (Å²) in [7, 11) is 2.03. The molecule has 3 rings (SSSR count). The Morgan fingerprint density at radius 2 is 1.82 bits per heavy atom. The Kier molecular flexibility index (Phi) is 7.48. The van der Waals surface area contributed by atoms with Gasteiger partial charge in [-0.25, -0.2) is 0 Å². The van der Waals surface area contributed by atoms with Gasteiger partial charge in [-0.1, -0.05) is 30.3 Å². The smallest absolute Gasteiger partial charge is 0.119 e. The van der Waals surface area contributed by atoms with Crippen LogP contribution in [0.15, 0.2) is 60.8 Å². The molecule has 5 heteroatoms. The maximum absolute atomic E-state index is 10.5. The van der Waals surface area contributed by atoms with Crippen LogP contribution >= 0.6 is 0 Å². The Hall–Kier alpha value is -2.34. The van der Waals surface area contributed by atoms with E-state index in [9.17, 15) is 5.11 Å². The molecule has 1 aromatic heterocycles. The van der Waals surface area contributed by atoms with E-state index in [4.69, 9.17) is 9.47 Å². The lowest BCUT2D eigenvalue weighted by Crippen LogP contribution is -2.31. The molecule has 0 spiro atoms. The van der Waals surface area contributed by atoms with Gasteiger partial charge in [0.25, 0.3) is 0 Å². The highest BCUT2D eigenvalue weighted by Gasteiger charge is 2.11. The zero-order chi connectivity index (χ0) is 19.8. The highest BCUT2D eigenvalue weighted by Crippen LogP contribution is 2.16. The van der Waals surface area contributed by atoms with Crippen LogP contribution in [0.4, 0.5) is 0 Å². The lowest BCUT2D eigenvalue weighted by Gasteiger charge is -2.21. The van der Waals surface area contributed by atoms with Crippen LogP contribution in [0.3, 0.4) is 0 Å². The molecule has 0 aliphatic rings. The Morgan fingerprint density at radius 3 is 2.61 bits per heavy atom. The van der Waals surface area contributed by atoms with Gasteiger partial charge in [0.1, 0.15) is 12.4 Å². The van der Waals surface area contributed by atoms with E-state index >= 15 is 0 Å². The third-order valence-corrected chi connectivity index (χ3v) is 4.69. The minimum atomic E-state index is -0.429. The number of nitrogens with zero attached hydrogens (tertiary/aromatic N) is 2. The van der Waals surface area contributed by atoms with Crippen molar-refractivity contribution in [1.82, 2.24) is 9.47 Å². The summed E-state index contributed by atoms with van der Waals surface area (Å²) in [5, 5.41) is 11.7. The van der Waals surface area contributed by atoms with Crippen molar-refractivity contribution >= 4 is 10.9 Å². The molecule has 1 heterocycles. The Labute approximate surface area is 167 Å². The quantitative estimate of drug-likeness (QED) is 0.515. The van der Waals surface area contributed by atoms with Crippen molar-refractivity contribution in [3.63, 3.8) is 0 Å². The molecule has 150 valence electrons. The topological polar surface area (TPSA) is 46.9 Å². The number of aliphatic hydroxyl groups is 1. The summed E-state index contributed by atoms with van der Waals surface area (Å²) in [5.41, 5.74) is 2.35. The normalized spacial score (nSPS) is 12.6. The lowest BCUT2D eigenvalue weighted by atomic mass is 10.2. The molecular formula is C23H30N2O3. The molecule has 2 aromatic carbocycles. The van der Waals surface area contributed by atoms with Crippen LogP contribution < -0.4 is 4.74 Å². The van der Waals surface area contributed by atoms with Gasteiger partial charge in [-0.15, -0.1) is 0 Å². The number of ether oxygens (including phenoxy) is 2. The maximum atomic E-state index is 10.5. The number of rotatable bonds is 11. The molecule has 5 nitrogen and oxygen atoms in total. The van der Waals surface area contributed by atoms with Crippen LogP contribution in [-0.2, 0) is 17.8 Å². The molecule has 0 bridgehead atoms. The number of hydrogen-bond donors (Lipinski definition) is 1. The van der Waals surface area contributed by atoms with E-state index in [2.05, 4.69) is 39.8 Å². The number of likely N-dealkylation sites (N-methyl/N-ethyl adjacent to an activating group) is 1. The number of aromatic nitrogens is 1. The molecule has 1 unspecified atom stereocenters. The molecule has 0 fully saturated rings. The van der Waals surface area contributed by atoms with Gasteiger partial charge < -0.3 is 19.1 Å². The molecule has 1 N–H and O–H groups in total. The summed E-state index contributed by atoms with van der Waals surface area (Å²) >= 11 is 0. The number of hydrogen-bond acceptors (Lipinski definition) is 4. The van der Waals surface area contributed by atoms with E-state index in [0.29, 0.717) is 32.9 Å². The Morgan fingerprint density at radius 1 is 1.04 bits per heavy atom. The van der Waals surface area contributed by atoms with Crippen molar-refractivity contribution in [1.29, 1.82) is 0 Å². The van der Waals surface area contributed by atoms with Gasteiger partial charge >= 0.3 is 0 Å². The first-order chi connectivity index (χ1) is 13.7. The number of para-hydroxylation sites is 1. The number of benzene rings is 2. The van der Waals surface area contributed by atoms with Crippen LogP contribution in [0.5, 0.6) is 5.75 Å². The standard InChI is InChI=1S/C23H30N2O3/c1-3-27-14-15-28-22-10-8-19(9-11-22)16-24(2)17-21(26)18-25-13-12-20-6-4-5-7-23(20)25/h4-13,21,26H,3,14-18H2,1-2H3. The van der Waals surface area contributed by atoms with Crippen LogP contribution in [0.2, 0.25) is 0 Å². The van der Waals surface area contributed by atoms with E-state index < -0.39 is 6.10 Å². The summed E-state index contributed by atoms with van der Waals surface area (Å²) in [6.07, 6.45) is 1.61. The summed E-state index contributed by atoms with van der Waals surface area (Å²) in [6.45, 7) is 5.83. The van der Waals surface area contributed by atoms with E-state index in [0.717, 1.165) is 17.8 Å². The largest absolute Gasteiger partial charge is 0.491 e. The summed E-state index contributed by atoms with van der Waals surface area (Å²) < 4.78 is 13.0. The minimum absolute atomic E-state index is 0.429. The highest BCUT2D eigenvalue weighted by atomic mass is 16.5. The summed E-state index contributed by atoms with van der Waals surface area (Å²) in [6, 6.07) is 18.4. The van der Waals surface area contributed by atoms with Gasteiger partial charge in [0, 0.05) is 38.0 Å². The van der Waals surface area contributed by atoms with Gasteiger partial charge in [0.2, 0.25) is 0 Å². The van der Waals surface area contributed by atoms with Gasteiger partial charge in [-0.2, -0.15) is 0 Å². The number of fused-ring (bicyclic) bond motifs is 1. The highest BCUT2D eigenvalue weighted by molar-refractivity contribution is 5.79. The summed E-state index contributed by atoms with van der Waals surface area (Å²) in [4.78, 5) is 2.14. The average molecular weight is 383 g/mol. The van der Waals surface area contributed by atoms with Crippen molar-refractivity contribution in [3.8, 4) is 5.75 Å². The molecular weight excluding hydrogens is 352 g/mol. The molecule has 0 amide bonds. The molecule has 0 radical (unpaired) electrons. The molecule has 28 heavy (non-hydrogen) atoms. The maximum Gasteiger partial charge on any atom is 0.119 e. The summed E-state index contributed by atoms with van der Waals surface area (Å²) in [5.74, 6) is 0.852. The molecule has 0 aliphatic carbocycles.